The third-order valence-corrected chi connectivity index (χ3v) is 16.0. The highest BCUT2D eigenvalue weighted by atomic mass is 31.2. The molecule has 0 aromatic heterocycles. The SMILES string of the molecule is CCCC[P+](C/C=C(\C)C(C)O[Si](C)(C)C(C)(C)C)(CCCC)CCCC. The maximum atomic E-state index is 6.66. The van der Waals surface area contributed by atoms with Crippen molar-refractivity contribution < 1.29 is 4.43 Å². The largest absolute Gasteiger partial charge is 0.411 e. The highest BCUT2D eigenvalue weighted by Crippen LogP contribution is 2.61. The van der Waals surface area contributed by atoms with Crippen molar-refractivity contribution in [3.05, 3.63) is 11.6 Å². The summed E-state index contributed by atoms with van der Waals surface area (Å²) in [6, 6.07) is 0. The number of allylic oxidation sites excluding steroid dienone is 1. The molecule has 162 valence electrons. The molecule has 0 saturated carbocycles. The molecule has 0 rings (SSSR count). The lowest BCUT2D eigenvalue weighted by molar-refractivity contribution is 0.232. The Morgan fingerprint density at radius 3 is 1.67 bits per heavy atom. The van der Waals surface area contributed by atoms with Crippen LogP contribution in [0.2, 0.25) is 18.1 Å². The molecular weight excluding hydrogens is 363 g/mol. The van der Waals surface area contributed by atoms with Gasteiger partial charge in [0.15, 0.2) is 8.32 Å². The monoisotopic (exact) mass is 415 g/mol. The number of unbranched alkanes of at least 4 members (excludes halogenated alkanes) is 3. The molecule has 27 heavy (non-hydrogen) atoms. The Morgan fingerprint density at radius 1 is 0.926 bits per heavy atom. The van der Waals surface area contributed by atoms with E-state index in [1.807, 2.05) is 0 Å². The van der Waals surface area contributed by atoms with Gasteiger partial charge in [-0.2, -0.15) is 0 Å². The minimum atomic E-state index is -1.70. The van der Waals surface area contributed by atoms with Crippen molar-refractivity contribution >= 4 is 15.6 Å². The Morgan fingerprint density at radius 2 is 1.33 bits per heavy atom. The van der Waals surface area contributed by atoms with E-state index < -0.39 is 15.6 Å². The molecule has 0 radical (unpaired) electrons. The van der Waals surface area contributed by atoms with E-state index in [1.54, 1.807) is 0 Å². The van der Waals surface area contributed by atoms with Gasteiger partial charge in [0.1, 0.15) is 0 Å². The fourth-order valence-corrected chi connectivity index (χ4v) is 9.58. The first-order valence-corrected chi connectivity index (χ1v) is 17.1. The van der Waals surface area contributed by atoms with Gasteiger partial charge in [-0.3, -0.25) is 0 Å². The fourth-order valence-electron chi connectivity index (χ4n) is 3.31. The summed E-state index contributed by atoms with van der Waals surface area (Å²) in [7, 11) is -2.54. The molecule has 0 amide bonds. The van der Waals surface area contributed by atoms with Gasteiger partial charge in [-0.1, -0.05) is 60.8 Å². The maximum absolute atomic E-state index is 6.66. The van der Waals surface area contributed by atoms with Gasteiger partial charge in [0.05, 0.1) is 30.8 Å². The first-order chi connectivity index (χ1) is 12.4. The fraction of sp³-hybridized carbons (Fsp3) is 0.917. The zero-order chi connectivity index (χ0) is 21.1. The molecule has 0 aliphatic carbocycles. The molecule has 3 heteroatoms. The summed E-state index contributed by atoms with van der Waals surface area (Å²) in [5.41, 5.74) is 1.47. The van der Waals surface area contributed by atoms with E-state index >= 15 is 0 Å². The summed E-state index contributed by atoms with van der Waals surface area (Å²) in [6.45, 7) is 23.4. The predicted molar refractivity (Wildman–Crippen MR) is 133 cm³/mol. The topological polar surface area (TPSA) is 9.23 Å². The zero-order valence-electron chi connectivity index (χ0n) is 20.6. The second kappa shape index (κ2) is 12.8. The maximum Gasteiger partial charge on any atom is 0.192 e. The molecular formula is C24H52OPSi+. The van der Waals surface area contributed by atoms with Crippen LogP contribution in [0.25, 0.3) is 0 Å². The van der Waals surface area contributed by atoms with E-state index in [0.29, 0.717) is 0 Å². The van der Waals surface area contributed by atoms with Crippen molar-refractivity contribution in [2.75, 3.05) is 24.6 Å². The van der Waals surface area contributed by atoms with Gasteiger partial charge in [-0.15, -0.1) is 0 Å². The van der Waals surface area contributed by atoms with E-state index in [-0.39, 0.29) is 11.1 Å². The molecule has 0 saturated heterocycles. The van der Waals surface area contributed by atoms with Crippen molar-refractivity contribution in [2.24, 2.45) is 0 Å². The number of rotatable bonds is 14. The standard InChI is InChI=1S/C24H52OPSi/c1-11-14-18-26(19-15-12-2,20-16-13-3)21-17-22(4)23(5)25-27(9,10)24(6,7)8/h17,23H,11-16,18-21H2,1-10H3/q+1/b22-17+. The molecule has 0 aliphatic heterocycles. The summed E-state index contributed by atoms with van der Waals surface area (Å²) in [6.07, 6.45) is 17.0. The Balaban J connectivity index is 5.25. The number of hydrogen-bond acceptors (Lipinski definition) is 1. The third kappa shape index (κ3) is 10.1. The van der Waals surface area contributed by atoms with Crippen LogP contribution in [0.3, 0.4) is 0 Å². The molecule has 1 unspecified atom stereocenters. The highest BCUT2D eigenvalue weighted by molar-refractivity contribution is 7.76. The Labute approximate surface area is 174 Å². The summed E-state index contributed by atoms with van der Waals surface area (Å²) in [5.74, 6) is 0. The average molecular weight is 416 g/mol. The van der Waals surface area contributed by atoms with Crippen molar-refractivity contribution in [1.29, 1.82) is 0 Å². The third-order valence-electron chi connectivity index (χ3n) is 6.68. The lowest BCUT2D eigenvalue weighted by Crippen LogP contribution is -2.43. The van der Waals surface area contributed by atoms with E-state index in [9.17, 15) is 0 Å². The minimum Gasteiger partial charge on any atom is -0.411 e. The van der Waals surface area contributed by atoms with Crippen molar-refractivity contribution in [3.8, 4) is 0 Å². The van der Waals surface area contributed by atoms with Crippen LogP contribution >= 0.6 is 7.26 Å². The quantitative estimate of drug-likeness (QED) is 0.156. The van der Waals surface area contributed by atoms with Crippen LogP contribution in [0, 0.1) is 0 Å². The molecule has 0 N–H and O–H groups in total. The first-order valence-electron chi connectivity index (χ1n) is 11.6. The van der Waals surface area contributed by atoms with E-state index in [0.717, 1.165) is 0 Å². The lowest BCUT2D eigenvalue weighted by Gasteiger charge is -2.38. The summed E-state index contributed by atoms with van der Waals surface area (Å²) >= 11 is 0. The van der Waals surface area contributed by atoms with Crippen LogP contribution in [0.5, 0.6) is 0 Å². The van der Waals surface area contributed by atoms with Crippen LogP contribution in [-0.2, 0) is 4.43 Å². The van der Waals surface area contributed by atoms with Crippen molar-refractivity contribution in [2.45, 2.75) is 118 Å². The van der Waals surface area contributed by atoms with Crippen LogP contribution in [0.1, 0.15) is 93.9 Å². The minimum absolute atomic E-state index is 0.260. The van der Waals surface area contributed by atoms with Gasteiger partial charge < -0.3 is 4.43 Å². The Kier molecular flexibility index (Phi) is 13.0. The molecule has 0 fully saturated rings. The average Bonchev–Trinajstić information content (AvgIpc) is 2.58. The molecule has 1 atom stereocenters. The van der Waals surface area contributed by atoms with Gasteiger partial charge in [-0.25, -0.2) is 0 Å². The number of hydrogen-bond donors (Lipinski definition) is 0. The van der Waals surface area contributed by atoms with Gasteiger partial charge in [0.2, 0.25) is 0 Å². The smallest absolute Gasteiger partial charge is 0.192 e. The van der Waals surface area contributed by atoms with Gasteiger partial charge >= 0.3 is 0 Å². The second-order valence-corrected chi connectivity index (χ2v) is 19.4. The van der Waals surface area contributed by atoms with Gasteiger partial charge in [0, 0.05) is 7.26 Å². The van der Waals surface area contributed by atoms with E-state index in [2.05, 4.69) is 74.6 Å². The molecule has 0 bridgehead atoms. The summed E-state index contributed by atoms with van der Waals surface area (Å²) in [4.78, 5) is 0. The van der Waals surface area contributed by atoms with E-state index in [4.69, 9.17) is 4.43 Å². The first kappa shape index (κ1) is 27.3. The van der Waals surface area contributed by atoms with Crippen LogP contribution in [0.4, 0.5) is 0 Å². The Hall–Kier alpha value is 0.347. The highest BCUT2D eigenvalue weighted by Gasteiger charge is 2.39. The normalized spacial score (nSPS) is 15.3. The van der Waals surface area contributed by atoms with Gasteiger partial charge in [-0.05, 0) is 62.9 Å². The van der Waals surface area contributed by atoms with Gasteiger partial charge in [0.25, 0.3) is 0 Å². The summed E-state index contributed by atoms with van der Waals surface area (Å²) < 4.78 is 6.66. The zero-order valence-corrected chi connectivity index (χ0v) is 22.5. The molecule has 0 spiro atoms. The molecule has 1 nitrogen and oxygen atoms in total. The summed E-state index contributed by atoms with van der Waals surface area (Å²) in [5, 5.41) is 0.279. The van der Waals surface area contributed by atoms with Crippen LogP contribution in [-0.4, -0.2) is 39.1 Å². The van der Waals surface area contributed by atoms with Crippen LogP contribution < -0.4 is 0 Å². The molecule has 0 aromatic carbocycles. The van der Waals surface area contributed by atoms with Crippen molar-refractivity contribution in [3.63, 3.8) is 0 Å². The lowest BCUT2D eigenvalue weighted by atomic mass is 10.2. The van der Waals surface area contributed by atoms with Crippen LogP contribution in [0.15, 0.2) is 11.6 Å². The second-order valence-electron chi connectivity index (χ2n) is 10.2. The molecule has 0 aliphatic rings. The Bertz CT molecular complexity index is 401. The predicted octanol–water partition coefficient (Wildman–Crippen LogP) is 8.76. The van der Waals surface area contributed by atoms with Crippen molar-refractivity contribution in [1.82, 2.24) is 0 Å². The molecule has 0 aromatic rings. The van der Waals surface area contributed by atoms with E-state index in [1.165, 1.54) is 68.7 Å². The molecule has 0 heterocycles.